The molecule has 1 aromatic heterocycles. The van der Waals surface area contributed by atoms with Gasteiger partial charge in [-0.3, -0.25) is 9.69 Å². The van der Waals surface area contributed by atoms with Gasteiger partial charge in [0.15, 0.2) is 0 Å². The Morgan fingerprint density at radius 2 is 2.20 bits per heavy atom. The summed E-state index contributed by atoms with van der Waals surface area (Å²) in [5.74, 6) is 0.119. The van der Waals surface area contributed by atoms with E-state index in [-0.39, 0.29) is 6.35 Å². The summed E-state index contributed by atoms with van der Waals surface area (Å²) in [5.41, 5.74) is 7.61. The normalized spacial score (nSPS) is 16.6. The molecule has 20 heavy (non-hydrogen) atoms. The van der Waals surface area contributed by atoms with Gasteiger partial charge in [0, 0.05) is 18.9 Å². The molecule has 1 atom stereocenters. The van der Waals surface area contributed by atoms with Gasteiger partial charge in [-0.05, 0) is 24.3 Å². The van der Waals surface area contributed by atoms with Crippen LogP contribution in [0.2, 0.25) is 0 Å². The van der Waals surface area contributed by atoms with E-state index in [2.05, 4.69) is 10.3 Å². The van der Waals surface area contributed by atoms with E-state index >= 15 is 0 Å². The molecule has 2 heterocycles. The summed E-state index contributed by atoms with van der Waals surface area (Å²) < 4.78 is 5.42. The average Bonchev–Trinajstić information content (AvgIpc) is 2.85. The summed E-state index contributed by atoms with van der Waals surface area (Å²) in [4.78, 5) is 17.5. The Bertz CT molecular complexity index is 659. The van der Waals surface area contributed by atoms with Crippen molar-refractivity contribution in [2.24, 2.45) is 5.73 Å². The van der Waals surface area contributed by atoms with Crippen LogP contribution in [0.4, 0.5) is 17.2 Å². The van der Waals surface area contributed by atoms with Crippen LogP contribution in [0.3, 0.4) is 0 Å². The van der Waals surface area contributed by atoms with E-state index in [4.69, 9.17) is 10.5 Å². The molecule has 102 valence electrons. The number of aromatic nitrogens is 1. The highest BCUT2D eigenvalue weighted by atomic mass is 16.5. The number of rotatable bonds is 3. The SMILES string of the molecule is COC1Nc2ccccc2N1c1cc(C(N)=O)ccn1. The number of fused-ring (bicyclic) bond motifs is 1. The van der Waals surface area contributed by atoms with Crippen LogP contribution >= 0.6 is 0 Å². The minimum Gasteiger partial charge on any atom is -0.366 e. The van der Waals surface area contributed by atoms with Crippen molar-refractivity contribution in [3.8, 4) is 0 Å². The van der Waals surface area contributed by atoms with Crippen LogP contribution in [0.1, 0.15) is 10.4 Å². The predicted octanol–water partition coefficient (Wildman–Crippen LogP) is 1.67. The molecule has 1 aromatic carbocycles. The number of primary amides is 1. The highest BCUT2D eigenvalue weighted by molar-refractivity contribution is 5.94. The first-order valence-electron chi connectivity index (χ1n) is 6.14. The van der Waals surface area contributed by atoms with Gasteiger partial charge in [-0.2, -0.15) is 0 Å². The number of anilines is 3. The van der Waals surface area contributed by atoms with Crippen molar-refractivity contribution in [3.63, 3.8) is 0 Å². The summed E-state index contributed by atoms with van der Waals surface area (Å²) in [5, 5.41) is 3.23. The third-order valence-corrected chi connectivity index (χ3v) is 3.18. The number of nitrogens with two attached hydrogens (primary N) is 1. The van der Waals surface area contributed by atoms with Crippen LogP contribution in [0.25, 0.3) is 0 Å². The van der Waals surface area contributed by atoms with E-state index in [1.807, 2.05) is 29.2 Å². The number of nitrogens with one attached hydrogen (secondary N) is 1. The number of hydrogen-bond acceptors (Lipinski definition) is 5. The average molecular weight is 270 g/mol. The molecule has 0 saturated carbocycles. The monoisotopic (exact) mass is 270 g/mol. The number of nitrogens with zero attached hydrogens (tertiary/aromatic N) is 2. The molecule has 0 radical (unpaired) electrons. The summed E-state index contributed by atoms with van der Waals surface area (Å²) >= 11 is 0. The first-order valence-corrected chi connectivity index (χ1v) is 6.14. The van der Waals surface area contributed by atoms with Crippen molar-refractivity contribution in [2.45, 2.75) is 6.35 Å². The van der Waals surface area contributed by atoms with Crippen LogP contribution in [-0.4, -0.2) is 24.4 Å². The maximum absolute atomic E-state index is 11.3. The van der Waals surface area contributed by atoms with Gasteiger partial charge in [-0.25, -0.2) is 4.98 Å². The third-order valence-electron chi connectivity index (χ3n) is 3.18. The minimum absolute atomic E-state index is 0.372. The first-order chi connectivity index (χ1) is 9.70. The lowest BCUT2D eigenvalue weighted by Crippen LogP contribution is -2.34. The van der Waals surface area contributed by atoms with Gasteiger partial charge in [-0.15, -0.1) is 0 Å². The van der Waals surface area contributed by atoms with E-state index in [1.165, 1.54) is 0 Å². The molecule has 2 aromatic rings. The van der Waals surface area contributed by atoms with Crippen molar-refractivity contribution in [1.29, 1.82) is 0 Å². The lowest BCUT2D eigenvalue weighted by atomic mass is 10.2. The molecular formula is C14H14N4O2. The largest absolute Gasteiger partial charge is 0.366 e. The van der Waals surface area contributed by atoms with E-state index in [9.17, 15) is 4.79 Å². The maximum atomic E-state index is 11.3. The summed E-state index contributed by atoms with van der Waals surface area (Å²) in [6, 6.07) is 11.0. The molecule has 0 fully saturated rings. The van der Waals surface area contributed by atoms with Crippen LogP contribution < -0.4 is 16.0 Å². The molecule has 1 aliphatic heterocycles. The fourth-order valence-electron chi connectivity index (χ4n) is 2.24. The van der Waals surface area contributed by atoms with Gasteiger partial charge in [0.1, 0.15) is 5.82 Å². The fraction of sp³-hybridized carbons (Fsp3) is 0.143. The Hall–Kier alpha value is -2.60. The zero-order valence-electron chi connectivity index (χ0n) is 10.9. The standard InChI is InChI=1S/C14H14N4O2/c1-20-14-17-10-4-2-3-5-11(10)18(14)12-8-9(13(15)19)6-7-16-12/h2-8,14,17H,1H3,(H2,15,19). The number of para-hydroxylation sites is 2. The number of carbonyl (C=O) groups is 1. The zero-order valence-corrected chi connectivity index (χ0v) is 10.9. The van der Waals surface area contributed by atoms with Crippen molar-refractivity contribution < 1.29 is 9.53 Å². The van der Waals surface area contributed by atoms with Crippen LogP contribution in [0, 0.1) is 0 Å². The lowest BCUT2D eigenvalue weighted by molar-refractivity contribution is 0.1000. The van der Waals surface area contributed by atoms with Gasteiger partial charge in [0.2, 0.25) is 12.3 Å². The molecule has 1 amide bonds. The number of pyridine rings is 1. The van der Waals surface area contributed by atoms with Gasteiger partial charge < -0.3 is 15.8 Å². The van der Waals surface area contributed by atoms with Crippen LogP contribution in [-0.2, 0) is 4.74 Å². The maximum Gasteiger partial charge on any atom is 0.248 e. The number of carbonyl (C=O) groups excluding carboxylic acids is 1. The van der Waals surface area contributed by atoms with E-state index in [1.54, 1.807) is 25.4 Å². The Labute approximate surface area is 116 Å². The van der Waals surface area contributed by atoms with Crippen molar-refractivity contribution in [3.05, 3.63) is 48.2 Å². The molecule has 3 N–H and O–H groups in total. The highest BCUT2D eigenvalue weighted by Crippen LogP contribution is 2.39. The smallest absolute Gasteiger partial charge is 0.248 e. The van der Waals surface area contributed by atoms with E-state index in [0.29, 0.717) is 11.4 Å². The van der Waals surface area contributed by atoms with Crippen molar-refractivity contribution in [1.82, 2.24) is 4.98 Å². The van der Waals surface area contributed by atoms with Gasteiger partial charge >= 0.3 is 0 Å². The topological polar surface area (TPSA) is 80.5 Å². The molecule has 3 rings (SSSR count). The molecule has 1 unspecified atom stereocenters. The van der Waals surface area contributed by atoms with Crippen LogP contribution in [0.5, 0.6) is 0 Å². The second kappa shape index (κ2) is 4.82. The zero-order chi connectivity index (χ0) is 14.1. The van der Waals surface area contributed by atoms with Gasteiger partial charge in [0.25, 0.3) is 0 Å². The summed E-state index contributed by atoms with van der Waals surface area (Å²) in [7, 11) is 1.61. The van der Waals surface area contributed by atoms with Gasteiger partial charge in [-0.1, -0.05) is 12.1 Å². The lowest BCUT2D eigenvalue weighted by Gasteiger charge is -2.24. The van der Waals surface area contributed by atoms with Gasteiger partial charge in [0.05, 0.1) is 11.4 Å². The number of methoxy groups -OCH3 is 1. The van der Waals surface area contributed by atoms with Crippen molar-refractivity contribution >= 4 is 23.1 Å². The predicted molar refractivity (Wildman–Crippen MR) is 75.8 cm³/mol. The molecule has 1 aliphatic rings. The quantitative estimate of drug-likeness (QED) is 0.886. The molecule has 6 nitrogen and oxygen atoms in total. The number of benzene rings is 1. The van der Waals surface area contributed by atoms with Crippen molar-refractivity contribution in [2.75, 3.05) is 17.3 Å². The van der Waals surface area contributed by atoms with Crippen LogP contribution in [0.15, 0.2) is 42.6 Å². The Balaban J connectivity index is 2.07. The second-order valence-electron chi connectivity index (χ2n) is 4.39. The second-order valence-corrected chi connectivity index (χ2v) is 4.39. The highest BCUT2D eigenvalue weighted by Gasteiger charge is 2.30. The van der Waals surface area contributed by atoms with E-state index < -0.39 is 5.91 Å². The number of amides is 1. The summed E-state index contributed by atoms with van der Waals surface area (Å²) in [6.45, 7) is 0. The number of ether oxygens (including phenoxy) is 1. The summed E-state index contributed by atoms with van der Waals surface area (Å²) in [6.07, 6.45) is 1.19. The fourth-order valence-corrected chi connectivity index (χ4v) is 2.24. The molecule has 6 heteroatoms. The molecule has 0 bridgehead atoms. The Morgan fingerprint density at radius 1 is 1.40 bits per heavy atom. The third kappa shape index (κ3) is 1.96. The molecule has 0 spiro atoms. The Morgan fingerprint density at radius 3 is 2.95 bits per heavy atom. The first kappa shape index (κ1) is 12.4. The molecule has 0 aliphatic carbocycles. The number of hydrogen-bond donors (Lipinski definition) is 2. The Kier molecular flexibility index (Phi) is 3.00. The minimum atomic E-state index is -0.483. The molecule has 0 saturated heterocycles. The van der Waals surface area contributed by atoms with E-state index in [0.717, 1.165) is 11.4 Å². The molecular weight excluding hydrogens is 256 g/mol.